The molecule has 9 heteroatoms. The second-order valence-electron chi connectivity index (χ2n) is 8.52. The van der Waals surface area contributed by atoms with Crippen LogP contribution in [0.3, 0.4) is 0 Å². The number of halogens is 2. The Labute approximate surface area is 218 Å². The van der Waals surface area contributed by atoms with Crippen molar-refractivity contribution in [3.05, 3.63) is 111 Å². The second kappa shape index (κ2) is 10.0. The van der Waals surface area contributed by atoms with Gasteiger partial charge in [0.15, 0.2) is 0 Å². The quantitative estimate of drug-likeness (QED) is 0.308. The zero-order valence-corrected chi connectivity index (χ0v) is 21.1. The molecule has 0 saturated carbocycles. The zero-order valence-electron chi connectivity index (χ0n) is 19.6. The molecular weight excluding hydrogens is 497 g/mol. The highest BCUT2D eigenvalue weighted by atomic mass is 35.5. The van der Waals surface area contributed by atoms with Crippen LogP contribution in [0.25, 0.3) is 0 Å². The molecule has 2 N–H and O–H groups in total. The molecule has 0 spiro atoms. The minimum atomic E-state index is -0.460. The summed E-state index contributed by atoms with van der Waals surface area (Å²) in [6, 6.07) is 20.2. The fourth-order valence-electron chi connectivity index (χ4n) is 4.07. The Hall–Kier alpha value is -3.81. The lowest BCUT2D eigenvalue weighted by Gasteiger charge is -2.28. The van der Waals surface area contributed by atoms with E-state index in [0.29, 0.717) is 39.6 Å². The smallest absolute Gasteiger partial charge is 0.255 e. The molecule has 1 aliphatic rings. The van der Waals surface area contributed by atoms with Crippen LogP contribution >= 0.6 is 23.2 Å². The summed E-state index contributed by atoms with van der Waals surface area (Å²) < 4.78 is 7.64. The molecule has 1 aliphatic heterocycles. The van der Waals surface area contributed by atoms with Crippen LogP contribution in [0.2, 0.25) is 10.0 Å². The summed E-state index contributed by atoms with van der Waals surface area (Å²) in [5, 5.41) is 11.6. The molecule has 0 bridgehead atoms. The average molecular weight is 520 g/mol. The normalized spacial score (nSPS) is 14.7. The van der Waals surface area contributed by atoms with Gasteiger partial charge in [-0.15, -0.1) is 0 Å². The molecule has 1 amide bonds. The maximum atomic E-state index is 13.4. The van der Waals surface area contributed by atoms with Crippen molar-refractivity contribution in [2.75, 3.05) is 10.6 Å². The van der Waals surface area contributed by atoms with Gasteiger partial charge in [0.2, 0.25) is 5.95 Å². The number of ether oxygens (including phenoxy) is 1. The number of amides is 1. The molecule has 2 heterocycles. The molecule has 3 aromatic carbocycles. The predicted molar refractivity (Wildman–Crippen MR) is 142 cm³/mol. The van der Waals surface area contributed by atoms with Crippen molar-refractivity contribution in [1.29, 1.82) is 0 Å². The van der Waals surface area contributed by atoms with E-state index in [4.69, 9.17) is 27.9 Å². The highest BCUT2D eigenvalue weighted by Crippen LogP contribution is 2.36. The maximum absolute atomic E-state index is 13.4. The second-order valence-corrected chi connectivity index (χ2v) is 9.34. The number of nitrogens with one attached hydrogen (secondary N) is 2. The number of carbonyl (C=O) groups excluding carboxylic acids is 1. The fraction of sp³-hybridized carbons (Fsp3) is 0.148. The summed E-state index contributed by atoms with van der Waals surface area (Å²) in [7, 11) is 0. The van der Waals surface area contributed by atoms with Crippen LogP contribution < -0.4 is 15.4 Å². The number of aryl methyl sites for hydroxylation is 1. The first-order chi connectivity index (χ1) is 17.4. The van der Waals surface area contributed by atoms with Gasteiger partial charge in [-0.2, -0.15) is 10.1 Å². The fourth-order valence-corrected chi connectivity index (χ4v) is 4.39. The Bertz CT molecular complexity index is 1450. The van der Waals surface area contributed by atoms with Crippen molar-refractivity contribution in [2.24, 2.45) is 0 Å². The lowest BCUT2D eigenvalue weighted by Crippen LogP contribution is -2.31. The van der Waals surface area contributed by atoms with Gasteiger partial charge in [0.25, 0.3) is 5.91 Å². The van der Waals surface area contributed by atoms with Crippen molar-refractivity contribution in [3.63, 3.8) is 0 Å². The number of benzene rings is 3. The van der Waals surface area contributed by atoms with Crippen LogP contribution in [0.15, 0.2) is 84.3 Å². The third-order valence-electron chi connectivity index (χ3n) is 5.93. The summed E-state index contributed by atoms with van der Waals surface area (Å²) in [6.45, 7) is 4.22. The Morgan fingerprint density at radius 2 is 1.78 bits per heavy atom. The first-order valence-corrected chi connectivity index (χ1v) is 12.1. The van der Waals surface area contributed by atoms with Gasteiger partial charge >= 0.3 is 0 Å². The number of allylic oxidation sites excluding steroid dienone is 1. The van der Waals surface area contributed by atoms with Crippen LogP contribution in [0.5, 0.6) is 5.75 Å². The van der Waals surface area contributed by atoms with Gasteiger partial charge in [0.05, 0.1) is 15.6 Å². The van der Waals surface area contributed by atoms with Gasteiger partial charge in [0.1, 0.15) is 24.7 Å². The summed E-state index contributed by atoms with van der Waals surface area (Å²) in [5.74, 6) is 1.04. The minimum Gasteiger partial charge on any atom is -0.489 e. The largest absolute Gasteiger partial charge is 0.489 e. The van der Waals surface area contributed by atoms with E-state index in [-0.39, 0.29) is 5.91 Å². The Morgan fingerprint density at radius 1 is 1.03 bits per heavy atom. The number of aromatic nitrogens is 3. The number of nitrogens with zero attached hydrogens (tertiary/aromatic N) is 3. The summed E-state index contributed by atoms with van der Waals surface area (Å²) in [5.41, 5.74) is 4.89. The van der Waals surface area contributed by atoms with Crippen LogP contribution in [-0.4, -0.2) is 20.7 Å². The van der Waals surface area contributed by atoms with Crippen molar-refractivity contribution >= 4 is 40.7 Å². The number of anilines is 2. The molecule has 1 atom stereocenters. The van der Waals surface area contributed by atoms with Gasteiger partial charge in [-0.3, -0.25) is 4.79 Å². The Morgan fingerprint density at radius 3 is 2.50 bits per heavy atom. The SMILES string of the molecule is CC1=C(C(=O)Nc2ccc(C)cc2)C(c2ccc(OCc3ccc(Cl)c(Cl)c3)cc2)n2ncnc2N1. The molecule has 0 aliphatic carbocycles. The Kier molecular flexibility index (Phi) is 6.67. The van der Waals surface area contributed by atoms with Crippen molar-refractivity contribution in [3.8, 4) is 5.75 Å². The third-order valence-corrected chi connectivity index (χ3v) is 6.67. The van der Waals surface area contributed by atoms with E-state index >= 15 is 0 Å². The lowest BCUT2D eigenvalue weighted by atomic mass is 9.95. The van der Waals surface area contributed by atoms with Gasteiger partial charge in [-0.1, -0.05) is 59.1 Å². The molecule has 5 rings (SSSR count). The topological polar surface area (TPSA) is 81.1 Å². The van der Waals surface area contributed by atoms with Gasteiger partial charge < -0.3 is 15.4 Å². The molecule has 0 radical (unpaired) electrons. The molecular formula is C27H23Cl2N5O2. The number of hydrogen-bond donors (Lipinski definition) is 2. The summed E-state index contributed by atoms with van der Waals surface area (Å²) in [6.07, 6.45) is 1.47. The summed E-state index contributed by atoms with van der Waals surface area (Å²) >= 11 is 12.1. The average Bonchev–Trinajstić information content (AvgIpc) is 3.33. The first-order valence-electron chi connectivity index (χ1n) is 11.3. The third kappa shape index (κ3) is 4.94. The molecule has 0 saturated heterocycles. The van der Waals surface area contributed by atoms with E-state index in [1.165, 1.54) is 6.33 Å². The Balaban J connectivity index is 1.39. The van der Waals surface area contributed by atoms with Gasteiger partial charge in [-0.25, -0.2) is 4.68 Å². The van der Waals surface area contributed by atoms with Crippen molar-refractivity contribution < 1.29 is 9.53 Å². The monoisotopic (exact) mass is 519 g/mol. The van der Waals surface area contributed by atoms with Gasteiger partial charge in [-0.05, 0) is 61.4 Å². The first kappa shape index (κ1) is 23.9. The van der Waals surface area contributed by atoms with E-state index < -0.39 is 6.04 Å². The molecule has 36 heavy (non-hydrogen) atoms. The molecule has 1 aromatic heterocycles. The van der Waals surface area contributed by atoms with Crippen molar-refractivity contribution in [2.45, 2.75) is 26.5 Å². The molecule has 4 aromatic rings. The van der Waals surface area contributed by atoms with Crippen LogP contribution in [0, 0.1) is 6.92 Å². The minimum absolute atomic E-state index is 0.213. The van der Waals surface area contributed by atoms with Gasteiger partial charge in [0, 0.05) is 11.4 Å². The molecule has 182 valence electrons. The number of fused-ring (bicyclic) bond motifs is 1. The van der Waals surface area contributed by atoms with Crippen LogP contribution in [-0.2, 0) is 11.4 Å². The number of carbonyl (C=O) groups is 1. The maximum Gasteiger partial charge on any atom is 0.255 e. The highest BCUT2D eigenvalue weighted by molar-refractivity contribution is 6.42. The van der Waals surface area contributed by atoms with E-state index in [2.05, 4.69) is 20.7 Å². The van der Waals surface area contributed by atoms with E-state index in [1.54, 1.807) is 16.8 Å². The van der Waals surface area contributed by atoms with Crippen LogP contribution in [0.4, 0.5) is 11.6 Å². The highest BCUT2D eigenvalue weighted by Gasteiger charge is 2.33. The van der Waals surface area contributed by atoms with E-state index in [0.717, 1.165) is 22.4 Å². The van der Waals surface area contributed by atoms with Crippen LogP contribution in [0.1, 0.15) is 29.7 Å². The standard InChI is InChI=1S/C27H23Cl2N5O2/c1-16-3-8-20(9-4-16)33-26(35)24-17(2)32-27-30-15-31-34(27)25(24)19-6-10-21(11-7-19)36-14-18-5-12-22(28)23(29)13-18/h3-13,15,25H,14H2,1-2H3,(H,33,35)(H,30,31,32). The van der Waals surface area contributed by atoms with Crippen molar-refractivity contribution in [1.82, 2.24) is 14.8 Å². The molecule has 0 fully saturated rings. The zero-order chi connectivity index (χ0) is 25.2. The lowest BCUT2D eigenvalue weighted by molar-refractivity contribution is -0.113. The number of rotatable bonds is 6. The van der Waals surface area contributed by atoms with E-state index in [1.807, 2.05) is 68.4 Å². The summed E-state index contributed by atoms with van der Waals surface area (Å²) in [4.78, 5) is 17.7. The number of hydrogen-bond acceptors (Lipinski definition) is 5. The molecule has 1 unspecified atom stereocenters. The molecule has 7 nitrogen and oxygen atoms in total. The predicted octanol–water partition coefficient (Wildman–Crippen LogP) is 6.40. The van der Waals surface area contributed by atoms with E-state index in [9.17, 15) is 4.79 Å².